The fraction of sp³-hybridized carbons (Fsp3) is 0.632. The van der Waals surface area contributed by atoms with Gasteiger partial charge in [-0.1, -0.05) is 18.2 Å². The van der Waals surface area contributed by atoms with Gasteiger partial charge in [0.05, 0.1) is 6.26 Å². The van der Waals surface area contributed by atoms with E-state index in [-0.39, 0.29) is 23.9 Å². The zero-order valence-electron chi connectivity index (χ0n) is 15.8. The van der Waals surface area contributed by atoms with E-state index < -0.39 is 10.0 Å². The average molecular weight is 380 g/mol. The highest BCUT2D eigenvalue weighted by Gasteiger charge is 2.36. The maximum atomic E-state index is 13.0. The molecule has 3 rings (SSSR count). The monoisotopic (exact) mass is 379 g/mol. The van der Waals surface area contributed by atoms with Gasteiger partial charge < -0.3 is 9.80 Å². The largest absolute Gasteiger partial charge is 0.363 e. The summed E-state index contributed by atoms with van der Waals surface area (Å²) in [6, 6.07) is 10.8. The highest BCUT2D eigenvalue weighted by atomic mass is 32.2. The van der Waals surface area contributed by atoms with Crippen LogP contribution in [-0.2, 0) is 14.8 Å². The van der Waals surface area contributed by atoms with Crippen molar-refractivity contribution in [3.63, 3.8) is 0 Å². The van der Waals surface area contributed by atoms with Crippen LogP contribution in [0.2, 0.25) is 0 Å². The van der Waals surface area contributed by atoms with Crippen LogP contribution in [0.25, 0.3) is 0 Å². The Hall–Kier alpha value is -1.60. The lowest BCUT2D eigenvalue weighted by Gasteiger charge is -2.47. The normalized spacial score (nSPS) is 26.1. The quantitative estimate of drug-likeness (QED) is 0.803. The molecule has 2 unspecified atom stereocenters. The van der Waals surface area contributed by atoms with Gasteiger partial charge in [0.2, 0.25) is 15.9 Å². The predicted molar refractivity (Wildman–Crippen MR) is 104 cm³/mol. The Morgan fingerprint density at radius 2 is 1.54 bits per heavy atom. The van der Waals surface area contributed by atoms with E-state index in [1.54, 1.807) is 0 Å². The van der Waals surface area contributed by atoms with Crippen LogP contribution in [0.3, 0.4) is 0 Å². The van der Waals surface area contributed by atoms with Crippen LogP contribution in [-0.4, -0.2) is 68.0 Å². The molecule has 0 saturated carbocycles. The van der Waals surface area contributed by atoms with Gasteiger partial charge in [0.1, 0.15) is 0 Å². The SMILES string of the molecule is CC1CN(C(=O)C2CCN(S(C)(=O)=O)CC2)CC(C)N1c1ccccc1. The van der Waals surface area contributed by atoms with Crippen LogP contribution in [0, 0.1) is 5.92 Å². The second-order valence-corrected chi connectivity index (χ2v) is 9.60. The van der Waals surface area contributed by atoms with Crippen LogP contribution in [0.1, 0.15) is 26.7 Å². The van der Waals surface area contributed by atoms with Gasteiger partial charge in [0.25, 0.3) is 0 Å². The van der Waals surface area contributed by atoms with Gasteiger partial charge >= 0.3 is 0 Å². The molecule has 7 heteroatoms. The maximum absolute atomic E-state index is 13.0. The summed E-state index contributed by atoms with van der Waals surface area (Å²) in [5, 5.41) is 0. The molecule has 26 heavy (non-hydrogen) atoms. The van der Waals surface area contributed by atoms with Gasteiger partial charge in [-0.3, -0.25) is 4.79 Å². The highest BCUT2D eigenvalue weighted by molar-refractivity contribution is 7.88. The molecule has 0 N–H and O–H groups in total. The molecule has 0 radical (unpaired) electrons. The van der Waals surface area contributed by atoms with Crippen LogP contribution in [0.15, 0.2) is 30.3 Å². The second kappa shape index (κ2) is 7.56. The highest BCUT2D eigenvalue weighted by Crippen LogP contribution is 2.27. The van der Waals surface area contributed by atoms with Crippen molar-refractivity contribution in [1.29, 1.82) is 0 Å². The number of piperidine rings is 1. The van der Waals surface area contributed by atoms with Crippen LogP contribution >= 0.6 is 0 Å². The van der Waals surface area contributed by atoms with Gasteiger partial charge in [0, 0.05) is 49.9 Å². The number of sulfonamides is 1. The van der Waals surface area contributed by atoms with Crippen molar-refractivity contribution in [1.82, 2.24) is 9.21 Å². The summed E-state index contributed by atoms with van der Waals surface area (Å²) >= 11 is 0. The van der Waals surface area contributed by atoms with E-state index in [9.17, 15) is 13.2 Å². The van der Waals surface area contributed by atoms with Crippen molar-refractivity contribution in [2.24, 2.45) is 5.92 Å². The Bertz CT molecular complexity index is 718. The first-order chi connectivity index (χ1) is 12.3. The molecular formula is C19H29N3O3S. The van der Waals surface area contributed by atoms with Crippen molar-refractivity contribution in [2.75, 3.05) is 37.3 Å². The summed E-state index contributed by atoms with van der Waals surface area (Å²) in [7, 11) is -3.15. The third kappa shape index (κ3) is 4.04. The predicted octanol–water partition coefficient (Wildman–Crippen LogP) is 1.78. The molecule has 6 nitrogen and oxygen atoms in total. The summed E-state index contributed by atoms with van der Waals surface area (Å²) in [5.41, 5.74) is 1.20. The number of carbonyl (C=O) groups excluding carboxylic acids is 1. The summed E-state index contributed by atoms with van der Waals surface area (Å²) < 4.78 is 24.8. The number of amides is 1. The van der Waals surface area contributed by atoms with Gasteiger partial charge in [-0.25, -0.2) is 12.7 Å². The standard InChI is InChI=1S/C19H29N3O3S/c1-15-13-20(14-16(2)22(15)18-7-5-4-6-8-18)19(23)17-9-11-21(12-10-17)26(3,24)25/h4-8,15-17H,9-14H2,1-3H3. The van der Waals surface area contributed by atoms with Crippen LogP contribution in [0.4, 0.5) is 5.69 Å². The Kier molecular flexibility index (Phi) is 5.58. The summed E-state index contributed by atoms with van der Waals surface area (Å²) in [6.45, 7) is 6.65. The number of carbonyl (C=O) groups is 1. The molecule has 0 spiro atoms. The number of hydrogen-bond donors (Lipinski definition) is 0. The van der Waals surface area contributed by atoms with Gasteiger partial charge in [0.15, 0.2) is 0 Å². The smallest absolute Gasteiger partial charge is 0.225 e. The number of hydrogen-bond acceptors (Lipinski definition) is 4. The third-order valence-electron chi connectivity index (χ3n) is 5.56. The first-order valence-corrected chi connectivity index (χ1v) is 11.2. The molecule has 1 aromatic carbocycles. The second-order valence-electron chi connectivity index (χ2n) is 7.62. The molecule has 2 heterocycles. The van der Waals surface area contributed by atoms with Crippen LogP contribution < -0.4 is 4.90 Å². The average Bonchev–Trinajstić information content (AvgIpc) is 2.61. The van der Waals surface area contributed by atoms with E-state index in [1.165, 1.54) is 16.2 Å². The minimum atomic E-state index is -3.15. The Labute approximate surface area is 156 Å². The summed E-state index contributed by atoms with van der Waals surface area (Å²) in [5.74, 6) is 0.125. The molecule has 2 aliphatic heterocycles. The molecule has 0 aliphatic carbocycles. The summed E-state index contributed by atoms with van der Waals surface area (Å²) in [4.78, 5) is 17.3. The van der Waals surface area contributed by atoms with E-state index >= 15 is 0 Å². The van der Waals surface area contributed by atoms with E-state index in [1.807, 2.05) is 23.1 Å². The van der Waals surface area contributed by atoms with Crippen molar-refractivity contribution in [3.8, 4) is 0 Å². The van der Waals surface area contributed by atoms with Gasteiger partial charge in [-0.05, 0) is 38.8 Å². The first-order valence-electron chi connectivity index (χ1n) is 9.34. The molecule has 0 bridgehead atoms. The Balaban J connectivity index is 1.62. The topological polar surface area (TPSA) is 60.9 Å². The first kappa shape index (κ1) is 19.2. The number of para-hydroxylation sites is 1. The fourth-order valence-corrected chi connectivity index (χ4v) is 5.18. The van der Waals surface area contributed by atoms with Crippen molar-refractivity contribution in [2.45, 2.75) is 38.8 Å². The van der Waals surface area contributed by atoms with Crippen LogP contribution in [0.5, 0.6) is 0 Å². The van der Waals surface area contributed by atoms with Crippen molar-refractivity contribution >= 4 is 21.6 Å². The third-order valence-corrected chi connectivity index (χ3v) is 6.86. The maximum Gasteiger partial charge on any atom is 0.225 e. The molecule has 2 saturated heterocycles. The molecule has 1 aromatic rings. The lowest BCUT2D eigenvalue weighted by Crippen LogP contribution is -2.59. The minimum Gasteiger partial charge on any atom is -0.363 e. The molecule has 2 atom stereocenters. The molecule has 2 fully saturated rings. The molecule has 144 valence electrons. The van der Waals surface area contributed by atoms with Crippen molar-refractivity contribution in [3.05, 3.63) is 30.3 Å². The Morgan fingerprint density at radius 3 is 2.04 bits per heavy atom. The molecule has 2 aliphatic rings. The summed E-state index contributed by atoms with van der Waals surface area (Å²) in [6.07, 6.45) is 2.47. The number of nitrogens with zero attached hydrogens (tertiary/aromatic N) is 3. The number of piperazine rings is 1. The Morgan fingerprint density at radius 1 is 1.00 bits per heavy atom. The van der Waals surface area contributed by atoms with E-state index in [4.69, 9.17) is 0 Å². The zero-order valence-corrected chi connectivity index (χ0v) is 16.7. The van der Waals surface area contributed by atoms with E-state index in [0.29, 0.717) is 39.0 Å². The van der Waals surface area contributed by atoms with E-state index in [0.717, 1.165) is 0 Å². The molecular weight excluding hydrogens is 350 g/mol. The molecule has 1 amide bonds. The van der Waals surface area contributed by atoms with E-state index in [2.05, 4.69) is 30.9 Å². The zero-order chi connectivity index (χ0) is 18.9. The lowest BCUT2D eigenvalue weighted by atomic mass is 9.95. The fourth-order valence-electron chi connectivity index (χ4n) is 4.30. The number of rotatable bonds is 3. The van der Waals surface area contributed by atoms with Gasteiger partial charge in [-0.15, -0.1) is 0 Å². The van der Waals surface area contributed by atoms with Crippen molar-refractivity contribution < 1.29 is 13.2 Å². The minimum absolute atomic E-state index is 0.0596. The van der Waals surface area contributed by atoms with Gasteiger partial charge in [-0.2, -0.15) is 0 Å². The lowest BCUT2D eigenvalue weighted by molar-refractivity contribution is -0.138. The number of benzene rings is 1. The number of anilines is 1. The molecule has 0 aromatic heterocycles.